The van der Waals surface area contributed by atoms with Crippen LogP contribution >= 0.6 is 0 Å². The number of rotatable bonds is 5. The Balaban J connectivity index is 4.63. The molecule has 15 heavy (non-hydrogen) atoms. The standard InChI is InChI=1S/C12H23O3/c1-8(2)10(12(5,6)7-13)15-11(14)9(3)4/h8-10H,7H2,1-6H3/q-1. The number of hydrogen-bond donors (Lipinski definition) is 0. The minimum atomic E-state index is -0.501. The average molecular weight is 215 g/mol. The molecule has 0 fully saturated rings. The summed E-state index contributed by atoms with van der Waals surface area (Å²) in [5.74, 6) is -0.208. The van der Waals surface area contributed by atoms with Gasteiger partial charge in [0.1, 0.15) is 6.10 Å². The Morgan fingerprint density at radius 1 is 1.27 bits per heavy atom. The largest absolute Gasteiger partial charge is 0.854 e. The molecule has 0 aliphatic rings. The lowest BCUT2D eigenvalue weighted by Crippen LogP contribution is -2.44. The molecule has 3 heteroatoms. The topological polar surface area (TPSA) is 49.4 Å². The SMILES string of the molecule is CC(C)C(=O)OC(C(C)C)C(C)(C)C[O-]. The first-order chi connectivity index (χ1) is 6.72. The second-order valence-electron chi connectivity index (χ2n) is 5.39. The summed E-state index contributed by atoms with van der Waals surface area (Å²) in [6.07, 6.45) is -0.301. The van der Waals surface area contributed by atoms with E-state index in [1.54, 1.807) is 13.8 Å². The molecule has 0 N–H and O–H groups in total. The molecule has 0 saturated heterocycles. The molecule has 0 amide bonds. The Bertz CT molecular complexity index is 207. The van der Waals surface area contributed by atoms with Gasteiger partial charge in [0.2, 0.25) is 0 Å². The summed E-state index contributed by atoms with van der Waals surface area (Å²) in [4.78, 5) is 11.5. The van der Waals surface area contributed by atoms with E-state index in [2.05, 4.69) is 0 Å². The van der Waals surface area contributed by atoms with Gasteiger partial charge in [-0.1, -0.05) is 41.5 Å². The van der Waals surface area contributed by atoms with E-state index in [0.29, 0.717) is 0 Å². The fourth-order valence-corrected chi connectivity index (χ4v) is 1.54. The van der Waals surface area contributed by atoms with Crippen LogP contribution in [0.5, 0.6) is 0 Å². The molecule has 0 rings (SSSR count). The molecule has 0 saturated carbocycles. The minimum Gasteiger partial charge on any atom is -0.854 e. The van der Waals surface area contributed by atoms with Crippen molar-refractivity contribution in [2.75, 3.05) is 6.61 Å². The van der Waals surface area contributed by atoms with Crippen molar-refractivity contribution in [1.29, 1.82) is 0 Å². The molecule has 90 valence electrons. The summed E-state index contributed by atoms with van der Waals surface area (Å²) in [6.45, 7) is 11.0. The summed E-state index contributed by atoms with van der Waals surface area (Å²) in [7, 11) is 0. The van der Waals surface area contributed by atoms with E-state index in [1.807, 2.05) is 27.7 Å². The number of esters is 1. The third-order valence-electron chi connectivity index (χ3n) is 2.46. The molecule has 3 nitrogen and oxygen atoms in total. The van der Waals surface area contributed by atoms with Crippen LogP contribution in [0.25, 0.3) is 0 Å². The molecule has 0 aromatic rings. The number of hydrogen-bond acceptors (Lipinski definition) is 3. The lowest BCUT2D eigenvalue weighted by Gasteiger charge is -2.39. The summed E-state index contributed by atoms with van der Waals surface area (Å²) >= 11 is 0. The van der Waals surface area contributed by atoms with Gasteiger partial charge >= 0.3 is 5.97 Å². The highest BCUT2D eigenvalue weighted by molar-refractivity contribution is 5.71. The van der Waals surface area contributed by atoms with Crippen LogP contribution in [0.15, 0.2) is 0 Å². The molecule has 0 aliphatic heterocycles. The van der Waals surface area contributed by atoms with Crippen LogP contribution in [0.3, 0.4) is 0 Å². The normalized spacial score (nSPS) is 14.5. The summed E-state index contributed by atoms with van der Waals surface area (Å²) < 4.78 is 5.39. The average Bonchev–Trinajstić information content (AvgIpc) is 2.12. The van der Waals surface area contributed by atoms with Crippen LogP contribution in [-0.2, 0) is 9.53 Å². The van der Waals surface area contributed by atoms with Gasteiger partial charge in [0.25, 0.3) is 0 Å². The zero-order valence-electron chi connectivity index (χ0n) is 10.7. The second kappa shape index (κ2) is 5.50. The molecule has 0 heterocycles. The Morgan fingerprint density at radius 2 is 1.73 bits per heavy atom. The Morgan fingerprint density at radius 3 is 2.00 bits per heavy atom. The van der Waals surface area contributed by atoms with Crippen LogP contribution in [-0.4, -0.2) is 18.7 Å². The van der Waals surface area contributed by atoms with E-state index in [1.165, 1.54) is 0 Å². The van der Waals surface area contributed by atoms with Gasteiger partial charge in [0.15, 0.2) is 0 Å². The van der Waals surface area contributed by atoms with Crippen molar-refractivity contribution >= 4 is 5.97 Å². The minimum absolute atomic E-state index is 0.145. The molecule has 0 bridgehead atoms. The van der Waals surface area contributed by atoms with Crippen LogP contribution in [0.4, 0.5) is 0 Å². The van der Waals surface area contributed by atoms with Crippen molar-refractivity contribution in [1.82, 2.24) is 0 Å². The Labute approximate surface area is 92.8 Å². The highest BCUT2D eigenvalue weighted by Crippen LogP contribution is 2.28. The van der Waals surface area contributed by atoms with Gasteiger partial charge < -0.3 is 9.84 Å². The fourth-order valence-electron chi connectivity index (χ4n) is 1.54. The van der Waals surface area contributed by atoms with E-state index in [4.69, 9.17) is 4.74 Å². The third kappa shape index (κ3) is 4.20. The van der Waals surface area contributed by atoms with Crippen LogP contribution in [0.1, 0.15) is 41.5 Å². The van der Waals surface area contributed by atoms with E-state index in [9.17, 15) is 9.90 Å². The lowest BCUT2D eigenvalue weighted by molar-refractivity contribution is -0.396. The van der Waals surface area contributed by atoms with Crippen molar-refractivity contribution in [2.24, 2.45) is 17.3 Å². The van der Waals surface area contributed by atoms with Crippen LogP contribution < -0.4 is 5.11 Å². The van der Waals surface area contributed by atoms with Crippen LogP contribution in [0.2, 0.25) is 0 Å². The summed E-state index contributed by atoms with van der Waals surface area (Å²) in [6, 6.07) is 0. The molecule has 0 aliphatic carbocycles. The Kier molecular flexibility index (Phi) is 5.29. The predicted molar refractivity (Wildman–Crippen MR) is 58.2 cm³/mol. The molecule has 1 atom stereocenters. The first-order valence-corrected chi connectivity index (χ1v) is 5.51. The van der Waals surface area contributed by atoms with Crippen molar-refractivity contribution in [3.63, 3.8) is 0 Å². The van der Waals surface area contributed by atoms with Gasteiger partial charge in [0.05, 0.1) is 5.92 Å². The van der Waals surface area contributed by atoms with E-state index < -0.39 is 5.41 Å². The van der Waals surface area contributed by atoms with Gasteiger partial charge in [-0.15, -0.1) is 6.61 Å². The molecule has 0 radical (unpaired) electrons. The van der Waals surface area contributed by atoms with Gasteiger partial charge in [-0.25, -0.2) is 0 Å². The molecule has 0 aromatic carbocycles. The smallest absolute Gasteiger partial charge is 0.308 e. The Hall–Kier alpha value is -0.570. The maximum Gasteiger partial charge on any atom is 0.308 e. The van der Waals surface area contributed by atoms with E-state index in [-0.39, 0.29) is 30.5 Å². The van der Waals surface area contributed by atoms with Gasteiger partial charge in [0, 0.05) is 0 Å². The highest BCUT2D eigenvalue weighted by Gasteiger charge is 2.32. The summed E-state index contributed by atoms with van der Waals surface area (Å²) in [5.41, 5.74) is -0.501. The molecule has 0 aromatic heterocycles. The maximum absolute atomic E-state index is 11.5. The fraction of sp³-hybridized carbons (Fsp3) is 0.917. The number of carbonyl (C=O) groups excluding carboxylic acids is 1. The van der Waals surface area contributed by atoms with Gasteiger partial charge in [-0.05, 0) is 11.3 Å². The lowest BCUT2D eigenvalue weighted by atomic mass is 9.81. The monoisotopic (exact) mass is 215 g/mol. The molecular formula is C12H23O3-. The molecular weight excluding hydrogens is 192 g/mol. The third-order valence-corrected chi connectivity index (χ3v) is 2.46. The maximum atomic E-state index is 11.5. The quantitative estimate of drug-likeness (QED) is 0.654. The molecule has 1 unspecified atom stereocenters. The van der Waals surface area contributed by atoms with Gasteiger partial charge in [-0.2, -0.15) is 0 Å². The highest BCUT2D eigenvalue weighted by atomic mass is 16.5. The number of carbonyl (C=O) groups is 1. The van der Waals surface area contributed by atoms with Gasteiger partial charge in [-0.3, -0.25) is 4.79 Å². The molecule has 0 spiro atoms. The zero-order chi connectivity index (χ0) is 12.2. The predicted octanol–water partition coefficient (Wildman–Crippen LogP) is 1.60. The zero-order valence-corrected chi connectivity index (χ0v) is 10.7. The van der Waals surface area contributed by atoms with Crippen molar-refractivity contribution in [3.05, 3.63) is 0 Å². The second-order valence-corrected chi connectivity index (χ2v) is 5.39. The summed E-state index contributed by atoms with van der Waals surface area (Å²) in [5, 5.41) is 11.1. The van der Waals surface area contributed by atoms with E-state index in [0.717, 1.165) is 0 Å². The van der Waals surface area contributed by atoms with Crippen molar-refractivity contribution in [3.8, 4) is 0 Å². The van der Waals surface area contributed by atoms with Crippen LogP contribution in [0, 0.1) is 17.3 Å². The van der Waals surface area contributed by atoms with Crippen molar-refractivity contribution < 1.29 is 14.6 Å². The number of ether oxygens (including phenoxy) is 1. The first-order valence-electron chi connectivity index (χ1n) is 5.51. The van der Waals surface area contributed by atoms with E-state index >= 15 is 0 Å². The first kappa shape index (κ1) is 14.4. The van der Waals surface area contributed by atoms with Crippen molar-refractivity contribution in [2.45, 2.75) is 47.6 Å².